The molecule has 0 unspecified atom stereocenters. The molecule has 0 radical (unpaired) electrons. The molecule has 5 heteroatoms. The smallest absolute Gasteiger partial charge is 0.167 e. The van der Waals surface area contributed by atoms with Crippen LogP contribution in [-0.2, 0) is 12.8 Å². The van der Waals surface area contributed by atoms with E-state index in [1.165, 1.54) is 23.9 Å². The minimum atomic E-state index is -0.260. The fourth-order valence-corrected chi connectivity index (χ4v) is 2.27. The molecule has 1 aromatic heterocycles. The second-order valence-electron chi connectivity index (χ2n) is 3.45. The number of nitrogens with two attached hydrogens (primary N) is 1. The van der Waals surface area contributed by atoms with E-state index in [2.05, 4.69) is 4.98 Å². The number of nitrogens with zero attached hydrogens (tertiary/aromatic N) is 2. The highest BCUT2D eigenvalue weighted by molar-refractivity contribution is 7.98. The third-order valence-corrected chi connectivity index (χ3v) is 3.35. The van der Waals surface area contributed by atoms with E-state index in [-0.39, 0.29) is 5.82 Å². The number of anilines is 1. The minimum Gasteiger partial charge on any atom is -0.398 e. The Morgan fingerprint density at radius 2 is 2.31 bits per heavy atom. The van der Waals surface area contributed by atoms with Crippen molar-refractivity contribution < 1.29 is 4.39 Å². The van der Waals surface area contributed by atoms with Crippen molar-refractivity contribution in [2.75, 3.05) is 5.73 Å². The van der Waals surface area contributed by atoms with Crippen LogP contribution in [0.5, 0.6) is 0 Å². The van der Waals surface area contributed by atoms with Crippen molar-refractivity contribution in [1.29, 1.82) is 0 Å². The summed E-state index contributed by atoms with van der Waals surface area (Å²) in [7, 11) is 1.92. The molecule has 1 aromatic carbocycles. The van der Waals surface area contributed by atoms with Crippen molar-refractivity contribution in [3.8, 4) is 0 Å². The van der Waals surface area contributed by atoms with E-state index < -0.39 is 0 Å². The fourth-order valence-electron chi connectivity index (χ4n) is 1.33. The highest BCUT2D eigenvalue weighted by Crippen LogP contribution is 2.24. The number of benzene rings is 1. The average molecular weight is 237 g/mol. The second kappa shape index (κ2) is 4.57. The molecule has 0 aliphatic carbocycles. The summed E-state index contributed by atoms with van der Waals surface area (Å²) >= 11 is 1.53. The molecule has 0 aliphatic heterocycles. The number of aryl methyl sites for hydroxylation is 1. The molecular weight excluding hydrogens is 225 g/mol. The van der Waals surface area contributed by atoms with E-state index >= 15 is 0 Å². The maximum atomic E-state index is 13.0. The normalized spacial score (nSPS) is 10.6. The van der Waals surface area contributed by atoms with E-state index in [0.29, 0.717) is 11.4 Å². The van der Waals surface area contributed by atoms with Crippen LogP contribution in [0.15, 0.2) is 35.7 Å². The number of rotatable bonds is 3. The van der Waals surface area contributed by atoms with Crippen LogP contribution in [0.4, 0.5) is 10.1 Å². The molecule has 2 N–H and O–H groups in total. The predicted octanol–water partition coefficient (Wildman–Crippen LogP) is 2.43. The fraction of sp³-hybridized carbons (Fsp3) is 0.182. The number of nitrogen functional groups attached to an aromatic ring is 1. The molecule has 0 atom stereocenters. The van der Waals surface area contributed by atoms with Crippen molar-refractivity contribution in [3.63, 3.8) is 0 Å². The van der Waals surface area contributed by atoms with Crippen molar-refractivity contribution in [3.05, 3.63) is 42.0 Å². The summed E-state index contributed by atoms with van der Waals surface area (Å²) in [6.07, 6.45) is 3.61. The van der Waals surface area contributed by atoms with Gasteiger partial charge in [-0.1, -0.05) is 11.8 Å². The molecule has 1 heterocycles. The molecule has 0 saturated carbocycles. The van der Waals surface area contributed by atoms with Crippen LogP contribution in [-0.4, -0.2) is 9.55 Å². The molecule has 0 saturated heterocycles. The van der Waals surface area contributed by atoms with Crippen LogP contribution in [0, 0.1) is 5.82 Å². The second-order valence-corrected chi connectivity index (χ2v) is 4.40. The highest BCUT2D eigenvalue weighted by atomic mass is 32.2. The van der Waals surface area contributed by atoms with Crippen LogP contribution >= 0.6 is 11.8 Å². The number of hydrogen-bond donors (Lipinski definition) is 1. The monoisotopic (exact) mass is 237 g/mol. The minimum absolute atomic E-state index is 0.260. The molecule has 0 amide bonds. The Bertz CT molecular complexity index is 496. The predicted molar refractivity (Wildman–Crippen MR) is 63.6 cm³/mol. The maximum Gasteiger partial charge on any atom is 0.167 e. The lowest BCUT2D eigenvalue weighted by atomic mass is 10.2. The third kappa shape index (κ3) is 2.36. The summed E-state index contributed by atoms with van der Waals surface area (Å²) in [5.41, 5.74) is 7.17. The zero-order valence-electron chi connectivity index (χ0n) is 8.85. The molecule has 0 bridgehead atoms. The SMILES string of the molecule is Cn1ccnc1SCc1cc(F)ccc1N. The van der Waals surface area contributed by atoms with E-state index in [0.717, 1.165) is 10.7 Å². The van der Waals surface area contributed by atoms with Gasteiger partial charge in [0.15, 0.2) is 5.16 Å². The van der Waals surface area contributed by atoms with Gasteiger partial charge in [-0.2, -0.15) is 0 Å². The lowest BCUT2D eigenvalue weighted by Crippen LogP contribution is -1.95. The molecule has 16 heavy (non-hydrogen) atoms. The molecule has 0 fully saturated rings. The Morgan fingerprint density at radius 1 is 1.50 bits per heavy atom. The molecular formula is C11H12FN3S. The first-order valence-corrected chi connectivity index (χ1v) is 5.79. The number of imidazole rings is 1. The molecule has 0 spiro atoms. The van der Waals surface area contributed by atoms with E-state index in [1.54, 1.807) is 12.3 Å². The van der Waals surface area contributed by atoms with Crippen molar-refractivity contribution >= 4 is 17.4 Å². The Labute approximate surface area is 97.5 Å². The van der Waals surface area contributed by atoms with Gasteiger partial charge in [0.25, 0.3) is 0 Å². The number of aromatic nitrogens is 2. The number of thioether (sulfide) groups is 1. The third-order valence-electron chi connectivity index (χ3n) is 2.24. The zero-order valence-corrected chi connectivity index (χ0v) is 9.67. The first kappa shape index (κ1) is 11.0. The number of halogens is 1. The quantitative estimate of drug-likeness (QED) is 0.658. The van der Waals surface area contributed by atoms with E-state index in [1.807, 2.05) is 17.8 Å². The van der Waals surface area contributed by atoms with Crippen LogP contribution in [0.2, 0.25) is 0 Å². The summed E-state index contributed by atoms with van der Waals surface area (Å²) in [5.74, 6) is 0.360. The van der Waals surface area contributed by atoms with Crippen LogP contribution in [0.3, 0.4) is 0 Å². The van der Waals surface area contributed by atoms with Crippen molar-refractivity contribution in [1.82, 2.24) is 9.55 Å². The topological polar surface area (TPSA) is 43.8 Å². The Balaban J connectivity index is 2.10. The van der Waals surface area contributed by atoms with E-state index in [9.17, 15) is 4.39 Å². The molecule has 2 rings (SSSR count). The van der Waals surface area contributed by atoms with Gasteiger partial charge in [-0.3, -0.25) is 0 Å². The summed E-state index contributed by atoms with van der Waals surface area (Å²) in [4.78, 5) is 4.17. The van der Waals surface area contributed by atoms with Crippen molar-refractivity contribution in [2.45, 2.75) is 10.9 Å². The van der Waals surface area contributed by atoms with Gasteiger partial charge < -0.3 is 10.3 Å². The zero-order chi connectivity index (χ0) is 11.5. The Kier molecular flexibility index (Phi) is 3.14. The lowest BCUT2D eigenvalue weighted by molar-refractivity contribution is 0.627. The van der Waals surface area contributed by atoms with Crippen LogP contribution in [0.1, 0.15) is 5.56 Å². The van der Waals surface area contributed by atoms with E-state index in [4.69, 9.17) is 5.73 Å². The first-order valence-electron chi connectivity index (χ1n) is 4.81. The van der Waals surface area contributed by atoms with Gasteiger partial charge in [-0.05, 0) is 23.8 Å². The van der Waals surface area contributed by atoms with Gasteiger partial charge in [-0.25, -0.2) is 9.37 Å². The molecule has 84 valence electrons. The Hall–Kier alpha value is -1.49. The van der Waals surface area contributed by atoms with Crippen molar-refractivity contribution in [2.24, 2.45) is 7.05 Å². The van der Waals surface area contributed by atoms with Crippen LogP contribution in [0.25, 0.3) is 0 Å². The standard InChI is InChI=1S/C11H12FN3S/c1-15-5-4-14-11(15)16-7-8-6-9(12)2-3-10(8)13/h2-6H,7,13H2,1H3. The summed E-state index contributed by atoms with van der Waals surface area (Å²) in [6, 6.07) is 4.42. The molecule has 2 aromatic rings. The van der Waals surface area contributed by atoms with Gasteiger partial charge in [0.1, 0.15) is 5.82 Å². The molecule has 3 nitrogen and oxygen atoms in total. The largest absolute Gasteiger partial charge is 0.398 e. The van der Waals surface area contributed by atoms with Gasteiger partial charge >= 0.3 is 0 Å². The Morgan fingerprint density at radius 3 is 3.00 bits per heavy atom. The first-order chi connectivity index (χ1) is 7.66. The average Bonchev–Trinajstić information content (AvgIpc) is 2.66. The van der Waals surface area contributed by atoms with Gasteiger partial charge in [-0.15, -0.1) is 0 Å². The van der Waals surface area contributed by atoms with Gasteiger partial charge in [0, 0.05) is 30.9 Å². The van der Waals surface area contributed by atoms with Crippen LogP contribution < -0.4 is 5.73 Å². The summed E-state index contributed by atoms with van der Waals surface area (Å²) in [6.45, 7) is 0. The maximum absolute atomic E-state index is 13.0. The van der Waals surface area contributed by atoms with Gasteiger partial charge in [0.05, 0.1) is 0 Å². The number of hydrogen-bond acceptors (Lipinski definition) is 3. The highest BCUT2D eigenvalue weighted by Gasteiger charge is 2.04. The summed E-state index contributed by atoms with van der Waals surface area (Å²) < 4.78 is 14.9. The molecule has 0 aliphatic rings. The lowest BCUT2D eigenvalue weighted by Gasteiger charge is -2.05. The van der Waals surface area contributed by atoms with Gasteiger partial charge in [0.2, 0.25) is 0 Å². The summed E-state index contributed by atoms with van der Waals surface area (Å²) in [5, 5.41) is 0.892.